The summed E-state index contributed by atoms with van der Waals surface area (Å²) in [5.41, 5.74) is 2.50. The molecule has 0 aliphatic rings. The summed E-state index contributed by atoms with van der Waals surface area (Å²) in [4.78, 5) is 17.2. The van der Waals surface area contributed by atoms with Crippen molar-refractivity contribution < 1.29 is 14.3 Å². The van der Waals surface area contributed by atoms with E-state index in [1.807, 2.05) is 24.3 Å². The largest absolute Gasteiger partial charge is 0.493 e. The van der Waals surface area contributed by atoms with Crippen LogP contribution in [0.2, 0.25) is 0 Å². The number of nitrogens with zero attached hydrogens (tertiary/aromatic N) is 2. The summed E-state index contributed by atoms with van der Waals surface area (Å²) < 4.78 is 12.6. The fourth-order valence-electron chi connectivity index (χ4n) is 3.03. The number of ether oxygens (including phenoxy) is 2. The van der Waals surface area contributed by atoms with Crippen molar-refractivity contribution in [3.8, 4) is 11.5 Å². The van der Waals surface area contributed by atoms with E-state index in [4.69, 9.17) is 9.47 Å². The SMILES string of the molecule is COc1ccc(C(=O)NCc2nc3ccccc3n2C(C)C)cc1OC. The summed E-state index contributed by atoms with van der Waals surface area (Å²) in [7, 11) is 3.11. The summed E-state index contributed by atoms with van der Waals surface area (Å²) in [6, 6.07) is 13.3. The molecule has 6 heteroatoms. The molecule has 3 rings (SSSR count). The number of carbonyl (C=O) groups excluding carboxylic acids is 1. The van der Waals surface area contributed by atoms with Gasteiger partial charge in [0.15, 0.2) is 11.5 Å². The molecule has 0 radical (unpaired) electrons. The van der Waals surface area contributed by atoms with Crippen molar-refractivity contribution >= 4 is 16.9 Å². The third-order valence-electron chi connectivity index (χ3n) is 4.24. The molecule has 0 saturated carbocycles. The molecule has 1 amide bonds. The molecule has 0 bridgehead atoms. The summed E-state index contributed by atoms with van der Waals surface area (Å²) >= 11 is 0. The predicted octanol–water partition coefficient (Wildman–Crippen LogP) is 3.56. The van der Waals surface area contributed by atoms with Crippen molar-refractivity contribution in [3.05, 3.63) is 53.9 Å². The molecule has 0 aliphatic carbocycles. The van der Waals surface area contributed by atoms with Crippen LogP contribution >= 0.6 is 0 Å². The minimum absolute atomic E-state index is 0.187. The van der Waals surface area contributed by atoms with Gasteiger partial charge in [-0.1, -0.05) is 12.1 Å². The molecule has 136 valence electrons. The molecule has 3 aromatic rings. The van der Waals surface area contributed by atoms with Crippen molar-refractivity contribution in [1.29, 1.82) is 0 Å². The number of benzene rings is 2. The molecule has 1 N–H and O–H groups in total. The van der Waals surface area contributed by atoms with E-state index in [0.29, 0.717) is 23.6 Å². The molecule has 0 unspecified atom stereocenters. The average molecular weight is 353 g/mol. The summed E-state index contributed by atoms with van der Waals surface area (Å²) in [5, 5.41) is 2.94. The van der Waals surface area contributed by atoms with E-state index < -0.39 is 0 Å². The molecular formula is C20H23N3O3. The van der Waals surface area contributed by atoms with Crippen LogP contribution in [0.4, 0.5) is 0 Å². The highest BCUT2D eigenvalue weighted by atomic mass is 16.5. The monoisotopic (exact) mass is 353 g/mol. The Labute approximate surface area is 152 Å². The number of fused-ring (bicyclic) bond motifs is 1. The smallest absolute Gasteiger partial charge is 0.251 e. The van der Waals surface area contributed by atoms with Crippen LogP contribution in [-0.4, -0.2) is 29.7 Å². The number of nitrogens with one attached hydrogen (secondary N) is 1. The van der Waals surface area contributed by atoms with E-state index in [0.717, 1.165) is 16.9 Å². The first-order valence-electron chi connectivity index (χ1n) is 8.51. The number of hydrogen-bond donors (Lipinski definition) is 1. The molecule has 0 atom stereocenters. The van der Waals surface area contributed by atoms with Gasteiger partial charge in [0.25, 0.3) is 5.91 Å². The molecule has 6 nitrogen and oxygen atoms in total. The fourth-order valence-corrected chi connectivity index (χ4v) is 3.03. The number of rotatable bonds is 6. The normalized spacial score (nSPS) is 11.0. The van der Waals surface area contributed by atoms with Crippen molar-refractivity contribution in [2.75, 3.05) is 14.2 Å². The Morgan fingerprint density at radius 3 is 2.54 bits per heavy atom. The summed E-state index contributed by atoms with van der Waals surface area (Å²) in [6.45, 7) is 4.56. The Kier molecular flexibility index (Phi) is 5.11. The maximum atomic E-state index is 12.5. The highest BCUT2D eigenvalue weighted by molar-refractivity contribution is 5.94. The van der Waals surface area contributed by atoms with Gasteiger partial charge in [0.2, 0.25) is 0 Å². The molecular weight excluding hydrogens is 330 g/mol. The lowest BCUT2D eigenvalue weighted by atomic mass is 10.2. The van der Waals surface area contributed by atoms with Crippen LogP contribution in [0.15, 0.2) is 42.5 Å². The molecule has 0 spiro atoms. The number of hydrogen-bond acceptors (Lipinski definition) is 4. The minimum atomic E-state index is -0.187. The van der Waals surface area contributed by atoms with E-state index in [-0.39, 0.29) is 11.9 Å². The first-order valence-corrected chi connectivity index (χ1v) is 8.51. The van der Waals surface area contributed by atoms with Crippen LogP contribution in [0.1, 0.15) is 36.1 Å². The van der Waals surface area contributed by atoms with E-state index in [2.05, 4.69) is 28.7 Å². The number of amides is 1. The molecule has 1 heterocycles. The highest BCUT2D eigenvalue weighted by Gasteiger charge is 2.15. The zero-order chi connectivity index (χ0) is 18.7. The molecule has 1 aromatic heterocycles. The molecule has 2 aromatic carbocycles. The predicted molar refractivity (Wildman–Crippen MR) is 101 cm³/mol. The zero-order valence-electron chi connectivity index (χ0n) is 15.4. The summed E-state index contributed by atoms with van der Waals surface area (Å²) in [5.74, 6) is 1.75. The first kappa shape index (κ1) is 17.8. The Morgan fingerprint density at radius 1 is 1.12 bits per heavy atom. The molecule has 0 saturated heterocycles. The van der Waals surface area contributed by atoms with E-state index in [9.17, 15) is 4.79 Å². The van der Waals surface area contributed by atoms with Crippen molar-refractivity contribution in [2.24, 2.45) is 0 Å². The second-order valence-electron chi connectivity index (χ2n) is 6.23. The number of methoxy groups -OCH3 is 2. The third-order valence-corrected chi connectivity index (χ3v) is 4.24. The van der Waals surface area contributed by atoms with E-state index >= 15 is 0 Å². The van der Waals surface area contributed by atoms with Crippen LogP contribution in [0.5, 0.6) is 11.5 Å². The van der Waals surface area contributed by atoms with Crippen LogP contribution in [0.3, 0.4) is 0 Å². The number of aromatic nitrogens is 2. The lowest BCUT2D eigenvalue weighted by Gasteiger charge is -2.14. The van der Waals surface area contributed by atoms with Gasteiger partial charge in [-0.05, 0) is 44.2 Å². The Morgan fingerprint density at radius 2 is 1.85 bits per heavy atom. The lowest BCUT2D eigenvalue weighted by molar-refractivity contribution is 0.0949. The van der Waals surface area contributed by atoms with Gasteiger partial charge >= 0.3 is 0 Å². The van der Waals surface area contributed by atoms with Gasteiger partial charge < -0.3 is 19.4 Å². The zero-order valence-corrected chi connectivity index (χ0v) is 15.4. The van der Waals surface area contributed by atoms with Gasteiger partial charge in [0.1, 0.15) is 5.82 Å². The number of para-hydroxylation sites is 2. The quantitative estimate of drug-likeness (QED) is 0.736. The first-order chi connectivity index (χ1) is 12.5. The lowest BCUT2D eigenvalue weighted by Crippen LogP contribution is -2.25. The van der Waals surface area contributed by atoms with Crippen molar-refractivity contribution in [1.82, 2.24) is 14.9 Å². The number of carbonyl (C=O) groups is 1. The van der Waals surface area contributed by atoms with Gasteiger partial charge in [0, 0.05) is 11.6 Å². The van der Waals surface area contributed by atoms with Gasteiger partial charge in [-0.3, -0.25) is 4.79 Å². The van der Waals surface area contributed by atoms with Crippen LogP contribution in [0, 0.1) is 0 Å². The standard InChI is InChI=1S/C20H23N3O3/c1-13(2)23-16-8-6-5-7-15(16)22-19(23)12-21-20(24)14-9-10-17(25-3)18(11-14)26-4/h5-11,13H,12H2,1-4H3,(H,21,24). The third kappa shape index (κ3) is 3.35. The molecule has 0 aliphatic heterocycles. The van der Waals surface area contributed by atoms with Gasteiger partial charge in [-0.25, -0.2) is 4.98 Å². The molecule has 0 fully saturated rings. The topological polar surface area (TPSA) is 65.4 Å². The van der Waals surface area contributed by atoms with Crippen LogP contribution < -0.4 is 14.8 Å². The van der Waals surface area contributed by atoms with Gasteiger partial charge in [-0.15, -0.1) is 0 Å². The van der Waals surface area contributed by atoms with Crippen molar-refractivity contribution in [3.63, 3.8) is 0 Å². The van der Waals surface area contributed by atoms with E-state index in [1.165, 1.54) is 0 Å². The second-order valence-corrected chi connectivity index (χ2v) is 6.23. The Hall–Kier alpha value is -3.02. The maximum Gasteiger partial charge on any atom is 0.251 e. The van der Waals surface area contributed by atoms with Crippen LogP contribution in [0.25, 0.3) is 11.0 Å². The Balaban J connectivity index is 1.82. The Bertz CT molecular complexity index is 931. The molecule has 26 heavy (non-hydrogen) atoms. The highest BCUT2D eigenvalue weighted by Crippen LogP contribution is 2.27. The fraction of sp³-hybridized carbons (Fsp3) is 0.300. The van der Waals surface area contributed by atoms with Gasteiger partial charge in [-0.2, -0.15) is 0 Å². The van der Waals surface area contributed by atoms with Crippen LogP contribution in [-0.2, 0) is 6.54 Å². The average Bonchev–Trinajstić information content (AvgIpc) is 3.04. The van der Waals surface area contributed by atoms with E-state index in [1.54, 1.807) is 32.4 Å². The van der Waals surface area contributed by atoms with Gasteiger partial charge in [0.05, 0.1) is 31.8 Å². The summed E-state index contributed by atoms with van der Waals surface area (Å²) in [6.07, 6.45) is 0. The van der Waals surface area contributed by atoms with Crippen molar-refractivity contribution in [2.45, 2.75) is 26.4 Å². The second kappa shape index (κ2) is 7.47. The minimum Gasteiger partial charge on any atom is -0.493 e. The number of imidazole rings is 1. The maximum absolute atomic E-state index is 12.5.